The molecule has 0 radical (unpaired) electrons. The number of likely N-dealkylation sites (tertiary alicyclic amines) is 1. The van der Waals surface area contributed by atoms with Crippen LogP contribution in [0.25, 0.3) is 0 Å². The highest BCUT2D eigenvalue weighted by Crippen LogP contribution is 2.30. The van der Waals surface area contributed by atoms with Crippen LogP contribution in [0.5, 0.6) is 0 Å². The van der Waals surface area contributed by atoms with Crippen molar-refractivity contribution in [1.82, 2.24) is 9.80 Å². The minimum absolute atomic E-state index is 0.360. The summed E-state index contributed by atoms with van der Waals surface area (Å²) >= 11 is 5.62. The molecule has 1 heterocycles. The van der Waals surface area contributed by atoms with Crippen LogP contribution >= 0.6 is 11.6 Å². The second-order valence-corrected chi connectivity index (χ2v) is 6.37. The van der Waals surface area contributed by atoms with Crippen molar-refractivity contribution in [2.75, 3.05) is 20.1 Å². The number of rotatable bonds is 5. The number of alkyl halides is 2. The van der Waals surface area contributed by atoms with Gasteiger partial charge in [0.05, 0.1) is 13.1 Å². The lowest BCUT2D eigenvalue weighted by Gasteiger charge is -2.45. The molecular formula is C13H20ClFN2O4. The Hall–Kier alpha value is -1.37. The van der Waals surface area contributed by atoms with Gasteiger partial charge in [-0.3, -0.25) is 9.59 Å². The first-order chi connectivity index (χ1) is 9.51. The van der Waals surface area contributed by atoms with E-state index in [9.17, 15) is 18.8 Å². The molecule has 1 aliphatic heterocycles. The first kappa shape index (κ1) is 17.7. The van der Waals surface area contributed by atoms with Crippen molar-refractivity contribution in [1.29, 1.82) is 0 Å². The SMILES string of the molecule is CC(C)C(C(=O)O)N(C)C(=O)C1(F)CN(C(=O)[C@@H](C)Cl)C1. The van der Waals surface area contributed by atoms with Crippen molar-refractivity contribution in [2.24, 2.45) is 5.92 Å². The predicted molar refractivity (Wildman–Crippen MR) is 74.8 cm³/mol. The van der Waals surface area contributed by atoms with E-state index < -0.39 is 48.0 Å². The number of carboxylic acid groups (broad SMARTS) is 1. The van der Waals surface area contributed by atoms with Gasteiger partial charge >= 0.3 is 5.97 Å². The number of amides is 2. The molecule has 1 rings (SSSR count). The Morgan fingerprint density at radius 2 is 1.76 bits per heavy atom. The molecule has 0 aromatic carbocycles. The van der Waals surface area contributed by atoms with Gasteiger partial charge in [-0.15, -0.1) is 11.6 Å². The maximum atomic E-state index is 14.5. The number of halogens is 2. The molecule has 6 nitrogen and oxygen atoms in total. The second-order valence-electron chi connectivity index (χ2n) is 5.72. The van der Waals surface area contributed by atoms with Gasteiger partial charge in [0.25, 0.3) is 5.91 Å². The highest BCUT2D eigenvalue weighted by Gasteiger charge is 2.54. The number of hydrogen-bond donors (Lipinski definition) is 1. The number of nitrogens with zero attached hydrogens (tertiary/aromatic N) is 2. The Morgan fingerprint density at radius 3 is 2.10 bits per heavy atom. The Balaban J connectivity index is 2.76. The third-order valence-electron chi connectivity index (χ3n) is 3.54. The van der Waals surface area contributed by atoms with E-state index in [0.29, 0.717) is 0 Å². The van der Waals surface area contributed by atoms with Gasteiger partial charge in [-0.25, -0.2) is 9.18 Å². The van der Waals surface area contributed by atoms with E-state index in [4.69, 9.17) is 16.7 Å². The van der Waals surface area contributed by atoms with Gasteiger partial charge in [-0.1, -0.05) is 13.8 Å². The van der Waals surface area contributed by atoms with Crippen molar-refractivity contribution in [3.63, 3.8) is 0 Å². The molecule has 0 spiro atoms. The van der Waals surface area contributed by atoms with Crippen molar-refractivity contribution >= 4 is 29.4 Å². The molecule has 2 atom stereocenters. The maximum Gasteiger partial charge on any atom is 0.326 e. The van der Waals surface area contributed by atoms with Crippen LogP contribution in [0.1, 0.15) is 20.8 Å². The minimum Gasteiger partial charge on any atom is -0.480 e. The third kappa shape index (κ3) is 3.45. The zero-order valence-electron chi connectivity index (χ0n) is 12.5. The van der Waals surface area contributed by atoms with E-state index in [1.54, 1.807) is 13.8 Å². The lowest BCUT2D eigenvalue weighted by Crippen LogP contribution is -2.69. The smallest absolute Gasteiger partial charge is 0.326 e. The van der Waals surface area contributed by atoms with E-state index in [1.807, 2.05) is 0 Å². The summed E-state index contributed by atoms with van der Waals surface area (Å²) in [4.78, 5) is 36.9. The fourth-order valence-electron chi connectivity index (χ4n) is 2.44. The van der Waals surface area contributed by atoms with Gasteiger partial charge in [-0.05, 0) is 12.8 Å². The summed E-state index contributed by atoms with van der Waals surface area (Å²) in [6.45, 7) is 3.96. The second kappa shape index (κ2) is 6.17. The van der Waals surface area contributed by atoms with E-state index in [0.717, 1.165) is 9.80 Å². The fourth-order valence-corrected chi connectivity index (χ4v) is 2.58. The van der Waals surface area contributed by atoms with E-state index in [-0.39, 0.29) is 5.92 Å². The van der Waals surface area contributed by atoms with E-state index >= 15 is 0 Å². The molecule has 0 aromatic rings. The summed E-state index contributed by atoms with van der Waals surface area (Å²) in [5.41, 5.74) is -2.24. The normalized spacial score (nSPS) is 19.7. The number of hydrogen-bond acceptors (Lipinski definition) is 3. The Kier molecular flexibility index (Phi) is 5.20. The first-order valence-corrected chi connectivity index (χ1v) is 7.06. The average molecular weight is 323 g/mol. The zero-order valence-corrected chi connectivity index (χ0v) is 13.2. The number of carbonyl (C=O) groups is 3. The van der Waals surface area contributed by atoms with Gasteiger partial charge in [0.2, 0.25) is 11.6 Å². The minimum atomic E-state index is -2.24. The molecule has 8 heteroatoms. The third-order valence-corrected chi connectivity index (χ3v) is 3.73. The molecule has 1 N–H and O–H groups in total. The zero-order chi connectivity index (χ0) is 16.5. The topological polar surface area (TPSA) is 77.9 Å². The summed E-state index contributed by atoms with van der Waals surface area (Å²) in [6.07, 6.45) is 0. The van der Waals surface area contributed by atoms with Gasteiger partial charge in [0.1, 0.15) is 11.4 Å². The molecule has 1 unspecified atom stereocenters. The highest BCUT2D eigenvalue weighted by molar-refractivity contribution is 6.30. The van der Waals surface area contributed by atoms with Crippen LogP contribution in [-0.2, 0) is 14.4 Å². The van der Waals surface area contributed by atoms with Crippen molar-refractivity contribution in [3.05, 3.63) is 0 Å². The quantitative estimate of drug-likeness (QED) is 0.757. The molecule has 2 amide bonds. The Bertz CT molecular complexity index is 449. The maximum absolute atomic E-state index is 14.5. The summed E-state index contributed by atoms with van der Waals surface area (Å²) in [5.74, 6) is -2.92. The van der Waals surface area contributed by atoms with Crippen molar-refractivity contribution in [2.45, 2.75) is 37.9 Å². The summed E-state index contributed by atoms with van der Waals surface area (Å²) in [7, 11) is 1.26. The van der Waals surface area contributed by atoms with Crippen molar-refractivity contribution < 1.29 is 23.9 Å². The molecule has 21 heavy (non-hydrogen) atoms. The molecule has 0 aliphatic carbocycles. The number of aliphatic carboxylic acids is 1. The Morgan fingerprint density at radius 1 is 1.29 bits per heavy atom. The predicted octanol–water partition coefficient (Wildman–Crippen LogP) is 0.732. The lowest BCUT2D eigenvalue weighted by atomic mass is 9.92. The molecule has 1 saturated heterocycles. The van der Waals surface area contributed by atoms with E-state index in [1.165, 1.54) is 14.0 Å². The van der Waals surface area contributed by atoms with Crippen LogP contribution in [0.3, 0.4) is 0 Å². The standard InChI is InChI=1S/C13H20ClFN2O4/c1-7(2)9(11(19)20)16(4)12(21)13(15)5-17(6-13)10(18)8(3)14/h7-9H,5-6H2,1-4H3,(H,19,20)/t8-,9?/m1/s1. The van der Waals surface area contributed by atoms with Crippen LogP contribution in [0.4, 0.5) is 4.39 Å². The molecule has 0 aromatic heterocycles. The van der Waals surface area contributed by atoms with Crippen LogP contribution in [0, 0.1) is 5.92 Å². The average Bonchev–Trinajstić information content (AvgIpc) is 2.31. The molecule has 1 aliphatic rings. The Labute approximate surface area is 127 Å². The van der Waals surface area contributed by atoms with Crippen LogP contribution in [0.15, 0.2) is 0 Å². The van der Waals surface area contributed by atoms with Gasteiger partial charge in [0, 0.05) is 7.05 Å². The monoisotopic (exact) mass is 322 g/mol. The first-order valence-electron chi connectivity index (χ1n) is 6.63. The van der Waals surface area contributed by atoms with Gasteiger partial charge < -0.3 is 14.9 Å². The molecule has 1 fully saturated rings. The molecule has 120 valence electrons. The lowest BCUT2D eigenvalue weighted by molar-refractivity contribution is -0.169. The molecular weight excluding hydrogens is 303 g/mol. The highest BCUT2D eigenvalue weighted by atomic mass is 35.5. The van der Waals surface area contributed by atoms with Crippen molar-refractivity contribution in [3.8, 4) is 0 Å². The molecule has 0 saturated carbocycles. The largest absolute Gasteiger partial charge is 0.480 e. The van der Waals surface area contributed by atoms with Gasteiger partial charge in [-0.2, -0.15) is 0 Å². The van der Waals surface area contributed by atoms with Gasteiger partial charge in [0.15, 0.2) is 0 Å². The fraction of sp³-hybridized carbons (Fsp3) is 0.769. The summed E-state index contributed by atoms with van der Waals surface area (Å²) < 4.78 is 14.5. The van der Waals surface area contributed by atoms with Crippen LogP contribution < -0.4 is 0 Å². The van der Waals surface area contributed by atoms with Crippen LogP contribution in [0.2, 0.25) is 0 Å². The van der Waals surface area contributed by atoms with E-state index in [2.05, 4.69) is 0 Å². The molecule has 0 bridgehead atoms. The summed E-state index contributed by atoms with van der Waals surface area (Å²) in [6, 6.07) is -1.11. The van der Waals surface area contributed by atoms with Crippen LogP contribution in [-0.4, -0.2) is 69.9 Å². The summed E-state index contributed by atoms with van der Waals surface area (Å²) in [5, 5.41) is 8.35. The number of likely N-dealkylation sites (N-methyl/N-ethyl adjacent to an activating group) is 1. The number of carboxylic acids is 1. The number of carbonyl (C=O) groups excluding carboxylic acids is 2.